The molecule has 5 atom stereocenters. The van der Waals surface area contributed by atoms with Crippen molar-refractivity contribution in [1.82, 2.24) is 15.3 Å². The predicted molar refractivity (Wildman–Crippen MR) is 144 cm³/mol. The van der Waals surface area contributed by atoms with Crippen molar-refractivity contribution in [2.24, 2.45) is 0 Å². The van der Waals surface area contributed by atoms with Crippen LogP contribution in [0.4, 0.5) is 22.1 Å². The smallest absolute Gasteiger partial charge is 0.407 e. The minimum atomic E-state index is -0.923. The SMILES string of the molecule is COC(CC(O)COC(=O)N[C@H]1CCC[C@@H]1OCc1ccccc1)N1CNc2c(N[C@@H]3CCOC3)ncnc21. The third-order valence-corrected chi connectivity index (χ3v) is 7.36. The van der Waals surface area contributed by atoms with E-state index < -0.39 is 18.4 Å². The van der Waals surface area contributed by atoms with Crippen LogP contribution in [0, 0.1) is 0 Å². The van der Waals surface area contributed by atoms with Gasteiger partial charge in [0.25, 0.3) is 0 Å². The molecule has 2 fully saturated rings. The average Bonchev–Trinajstić information content (AvgIpc) is 3.72. The molecular formula is C27H38N6O6. The highest BCUT2D eigenvalue weighted by molar-refractivity contribution is 5.81. The second kappa shape index (κ2) is 13.2. The minimum absolute atomic E-state index is 0.0640. The first-order valence-electron chi connectivity index (χ1n) is 13.6. The number of aliphatic hydroxyl groups excluding tert-OH is 1. The van der Waals surface area contributed by atoms with Gasteiger partial charge in [0, 0.05) is 20.1 Å². The molecule has 0 radical (unpaired) electrons. The van der Waals surface area contributed by atoms with Gasteiger partial charge in [0.2, 0.25) is 0 Å². The van der Waals surface area contributed by atoms with E-state index in [2.05, 4.69) is 25.9 Å². The average molecular weight is 543 g/mol. The number of nitrogens with zero attached hydrogens (tertiary/aromatic N) is 3. The number of aliphatic hydroxyl groups is 1. The Balaban J connectivity index is 1.08. The van der Waals surface area contributed by atoms with Crippen molar-refractivity contribution >= 4 is 23.4 Å². The van der Waals surface area contributed by atoms with E-state index >= 15 is 0 Å². The third kappa shape index (κ3) is 7.07. The third-order valence-electron chi connectivity index (χ3n) is 7.36. The number of methoxy groups -OCH3 is 1. The number of rotatable bonds is 12. The highest BCUT2D eigenvalue weighted by atomic mass is 16.6. The Hall–Kier alpha value is -3.19. The normalized spacial score (nSPS) is 23.6. The first-order chi connectivity index (χ1) is 19.1. The molecule has 1 saturated heterocycles. The zero-order chi connectivity index (χ0) is 27.0. The van der Waals surface area contributed by atoms with Crippen molar-refractivity contribution in [2.75, 3.05) is 49.1 Å². The van der Waals surface area contributed by atoms with Crippen LogP contribution in [0.15, 0.2) is 36.7 Å². The molecule has 0 spiro atoms. The van der Waals surface area contributed by atoms with Crippen molar-refractivity contribution in [3.05, 3.63) is 42.2 Å². The number of anilines is 3. The molecule has 39 heavy (non-hydrogen) atoms. The molecular weight excluding hydrogens is 504 g/mol. The summed E-state index contributed by atoms with van der Waals surface area (Å²) in [7, 11) is 1.58. The molecule has 3 aliphatic rings. The Morgan fingerprint density at radius 2 is 2.13 bits per heavy atom. The Kier molecular flexibility index (Phi) is 9.30. The standard InChI is InChI=1S/C27H38N6O6/c1-36-23(33-17-30-24-25(28-16-29-26(24)33)31-19-10-11-37-14-19)12-20(34)15-39-27(35)32-21-8-5-9-22(21)38-13-18-6-3-2-4-7-18/h2-4,6-7,16,19-23,30,34H,5,8-15,17H2,1H3,(H,32,35)(H,28,29,31)/t19-,20?,21+,22+,23?/m1/s1. The largest absolute Gasteiger partial charge is 0.447 e. The molecule has 12 nitrogen and oxygen atoms in total. The number of aromatic nitrogens is 2. The lowest BCUT2D eigenvalue weighted by Gasteiger charge is -2.29. The van der Waals surface area contributed by atoms with E-state index in [4.69, 9.17) is 18.9 Å². The van der Waals surface area contributed by atoms with Crippen LogP contribution < -0.4 is 20.9 Å². The molecule has 1 saturated carbocycles. The van der Waals surface area contributed by atoms with Gasteiger partial charge in [0.1, 0.15) is 24.8 Å². The zero-order valence-corrected chi connectivity index (χ0v) is 22.3. The lowest BCUT2D eigenvalue weighted by atomic mass is 10.2. The highest BCUT2D eigenvalue weighted by Crippen LogP contribution is 2.36. The van der Waals surface area contributed by atoms with Gasteiger partial charge in [0.05, 0.1) is 44.2 Å². The van der Waals surface area contributed by atoms with E-state index in [1.165, 1.54) is 6.33 Å². The number of hydrogen-bond acceptors (Lipinski definition) is 11. The summed E-state index contributed by atoms with van der Waals surface area (Å²) < 4.78 is 22.5. The molecule has 4 N–H and O–H groups in total. The molecule has 2 aromatic rings. The van der Waals surface area contributed by atoms with Gasteiger partial charge in [-0.05, 0) is 31.2 Å². The van der Waals surface area contributed by atoms with E-state index in [1.54, 1.807) is 7.11 Å². The van der Waals surface area contributed by atoms with E-state index in [0.29, 0.717) is 31.5 Å². The molecule has 0 bridgehead atoms. The van der Waals surface area contributed by atoms with Gasteiger partial charge >= 0.3 is 6.09 Å². The Labute approximate surface area is 228 Å². The summed E-state index contributed by atoms with van der Waals surface area (Å²) in [6.45, 7) is 2.17. The van der Waals surface area contributed by atoms with Crippen LogP contribution in [0.1, 0.15) is 37.7 Å². The van der Waals surface area contributed by atoms with Crippen LogP contribution in [-0.4, -0.2) is 85.3 Å². The van der Waals surface area contributed by atoms with Gasteiger partial charge in [0.15, 0.2) is 11.6 Å². The molecule has 2 unspecified atom stereocenters. The van der Waals surface area contributed by atoms with Gasteiger partial charge in [-0.2, -0.15) is 0 Å². The van der Waals surface area contributed by atoms with Gasteiger partial charge in [-0.1, -0.05) is 30.3 Å². The maximum Gasteiger partial charge on any atom is 0.407 e. The summed E-state index contributed by atoms with van der Waals surface area (Å²) in [5.74, 6) is 1.40. The van der Waals surface area contributed by atoms with Crippen molar-refractivity contribution in [3.8, 4) is 0 Å². The van der Waals surface area contributed by atoms with Crippen LogP contribution in [0.25, 0.3) is 0 Å². The monoisotopic (exact) mass is 542 g/mol. The fraction of sp³-hybridized carbons (Fsp3) is 0.593. The molecule has 1 aromatic carbocycles. The molecule has 1 aromatic heterocycles. The molecule has 5 rings (SSSR count). The van der Waals surface area contributed by atoms with E-state index in [0.717, 1.165) is 43.5 Å². The second-order valence-corrected chi connectivity index (χ2v) is 10.1. The fourth-order valence-corrected chi connectivity index (χ4v) is 5.27. The molecule has 212 valence electrons. The van der Waals surface area contributed by atoms with Crippen LogP contribution in [0.2, 0.25) is 0 Å². The topological polar surface area (TPSA) is 139 Å². The molecule has 1 aliphatic carbocycles. The summed E-state index contributed by atoms with van der Waals surface area (Å²) >= 11 is 0. The molecule has 2 aliphatic heterocycles. The van der Waals surface area contributed by atoms with Crippen molar-refractivity contribution < 1.29 is 28.8 Å². The van der Waals surface area contributed by atoms with E-state index in [-0.39, 0.29) is 31.2 Å². The van der Waals surface area contributed by atoms with Crippen LogP contribution in [0.5, 0.6) is 0 Å². The van der Waals surface area contributed by atoms with E-state index in [9.17, 15) is 9.90 Å². The number of ether oxygens (including phenoxy) is 4. The number of hydrogen-bond donors (Lipinski definition) is 4. The second-order valence-electron chi connectivity index (χ2n) is 10.1. The molecule has 12 heteroatoms. The number of alkyl carbamates (subject to hydrolysis) is 1. The number of fused-ring (bicyclic) bond motifs is 1. The Morgan fingerprint density at radius 1 is 1.26 bits per heavy atom. The predicted octanol–water partition coefficient (Wildman–Crippen LogP) is 2.45. The highest BCUT2D eigenvalue weighted by Gasteiger charge is 2.33. The lowest BCUT2D eigenvalue weighted by Crippen LogP contribution is -2.43. The first kappa shape index (κ1) is 27.4. The van der Waals surface area contributed by atoms with Gasteiger partial charge in [-0.3, -0.25) is 0 Å². The lowest BCUT2D eigenvalue weighted by molar-refractivity contribution is 0.00720. The minimum Gasteiger partial charge on any atom is -0.447 e. The van der Waals surface area contributed by atoms with Crippen LogP contribution >= 0.6 is 0 Å². The van der Waals surface area contributed by atoms with Crippen LogP contribution in [0.3, 0.4) is 0 Å². The number of amides is 1. The zero-order valence-electron chi connectivity index (χ0n) is 22.3. The number of nitrogens with one attached hydrogen (secondary N) is 3. The summed E-state index contributed by atoms with van der Waals surface area (Å²) in [6.07, 6.45) is 3.31. The Bertz CT molecular complexity index is 1070. The van der Waals surface area contributed by atoms with Gasteiger partial charge in [-0.15, -0.1) is 0 Å². The van der Waals surface area contributed by atoms with Crippen molar-refractivity contribution in [3.63, 3.8) is 0 Å². The van der Waals surface area contributed by atoms with Crippen molar-refractivity contribution in [2.45, 2.75) is 69.2 Å². The summed E-state index contributed by atoms with van der Waals surface area (Å²) in [4.78, 5) is 23.2. The number of carbonyl (C=O) groups is 1. The quantitative estimate of drug-likeness (QED) is 0.314. The molecule has 3 heterocycles. The van der Waals surface area contributed by atoms with Gasteiger partial charge < -0.3 is 44.9 Å². The van der Waals surface area contributed by atoms with Crippen molar-refractivity contribution in [1.29, 1.82) is 0 Å². The maximum absolute atomic E-state index is 12.5. The first-order valence-corrected chi connectivity index (χ1v) is 13.6. The maximum atomic E-state index is 12.5. The summed E-state index contributed by atoms with van der Waals surface area (Å²) in [5.41, 5.74) is 1.89. The summed E-state index contributed by atoms with van der Waals surface area (Å²) in [6, 6.07) is 10.1. The number of carbonyl (C=O) groups excluding carboxylic acids is 1. The van der Waals surface area contributed by atoms with Gasteiger partial charge in [-0.25, -0.2) is 14.8 Å². The molecule has 1 amide bonds. The summed E-state index contributed by atoms with van der Waals surface area (Å²) in [5, 5.41) is 20.3. The van der Waals surface area contributed by atoms with E-state index in [1.807, 2.05) is 35.2 Å². The Morgan fingerprint density at radius 3 is 2.92 bits per heavy atom. The number of benzene rings is 1. The fourth-order valence-electron chi connectivity index (χ4n) is 5.27. The van der Waals surface area contributed by atoms with Crippen LogP contribution in [-0.2, 0) is 25.6 Å².